The minimum absolute atomic E-state index is 0.0119. The van der Waals surface area contributed by atoms with Crippen molar-refractivity contribution >= 4 is 5.97 Å². The van der Waals surface area contributed by atoms with Crippen LogP contribution in [0, 0.1) is 16.7 Å². The van der Waals surface area contributed by atoms with Crippen LogP contribution in [0.25, 0.3) is 0 Å². The molecule has 0 bridgehead atoms. The molecule has 2 atom stereocenters. The Kier molecular flexibility index (Phi) is 5.60. The number of carbonyl (C=O) groups excluding carboxylic acids is 1. The number of carbonyl (C=O) groups is 1. The van der Waals surface area contributed by atoms with Gasteiger partial charge in [-0.05, 0) is 24.2 Å². The molecule has 2 N–H and O–H groups in total. The van der Waals surface area contributed by atoms with E-state index in [1.807, 2.05) is 0 Å². The summed E-state index contributed by atoms with van der Waals surface area (Å²) in [5.74, 6) is -0.300. The van der Waals surface area contributed by atoms with Crippen molar-refractivity contribution in [3.05, 3.63) is 12.2 Å². The van der Waals surface area contributed by atoms with Gasteiger partial charge in [0.05, 0.1) is 0 Å². The molecule has 0 saturated carbocycles. The third-order valence-corrected chi connectivity index (χ3v) is 2.93. The van der Waals surface area contributed by atoms with Crippen molar-refractivity contribution in [2.45, 2.75) is 61.1 Å². The van der Waals surface area contributed by atoms with Crippen molar-refractivity contribution in [2.75, 3.05) is 0 Å². The smallest absolute Gasteiger partial charge is 0.334 e. The van der Waals surface area contributed by atoms with Crippen molar-refractivity contribution in [3.8, 4) is 0 Å². The van der Waals surface area contributed by atoms with Crippen molar-refractivity contribution in [2.24, 2.45) is 22.5 Å². The Morgan fingerprint density at radius 1 is 1.22 bits per heavy atom. The zero-order valence-corrected chi connectivity index (χ0v) is 13.0. The molecule has 0 aliphatic rings. The Hall–Kier alpha value is -0.830. The highest BCUT2D eigenvalue weighted by molar-refractivity contribution is 5.87. The molecule has 2 unspecified atom stereocenters. The zero-order valence-electron chi connectivity index (χ0n) is 13.0. The summed E-state index contributed by atoms with van der Waals surface area (Å²) in [7, 11) is 0. The van der Waals surface area contributed by atoms with Crippen LogP contribution in [0.15, 0.2) is 12.2 Å². The van der Waals surface area contributed by atoms with Gasteiger partial charge in [-0.25, -0.2) is 4.79 Å². The van der Waals surface area contributed by atoms with Gasteiger partial charge in [0, 0.05) is 11.5 Å². The summed E-state index contributed by atoms with van der Waals surface area (Å²) in [6.07, 6.45) is 0.314. The van der Waals surface area contributed by atoms with Gasteiger partial charge in [0.2, 0.25) is 0 Å². The number of rotatable bonds is 4. The highest BCUT2D eigenvalue weighted by atomic mass is 16.6. The Morgan fingerprint density at radius 3 is 1.94 bits per heavy atom. The third kappa shape index (κ3) is 6.20. The van der Waals surface area contributed by atoms with E-state index < -0.39 is 12.2 Å². The number of nitrogens with two attached hydrogens (primary N) is 1. The standard InChI is InChI=1S/C15H29NO2/c1-10(2)13(17)18-12(16)11(15(6,7)8)9-14(3,4)5/h11-12H,1,9,16H2,2-8H3. The van der Waals surface area contributed by atoms with Crippen molar-refractivity contribution in [1.82, 2.24) is 0 Å². The molecular weight excluding hydrogens is 226 g/mol. The molecule has 0 aromatic rings. The second-order valence-corrected chi connectivity index (χ2v) is 7.39. The zero-order chi connectivity index (χ0) is 14.7. The average molecular weight is 255 g/mol. The van der Waals surface area contributed by atoms with Crippen LogP contribution in [0.3, 0.4) is 0 Å². The number of ether oxygens (including phenoxy) is 1. The molecule has 3 nitrogen and oxygen atoms in total. The lowest BCUT2D eigenvalue weighted by Crippen LogP contribution is -2.43. The minimum atomic E-state index is -0.589. The highest BCUT2D eigenvalue weighted by Gasteiger charge is 2.35. The quantitative estimate of drug-likeness (QED) is 0.475. The lowest BCUT2D eigenvalue weighted by molar-refractivity contribution is -0.150. The molecule has 0 spiro atoms. The van der Waals surface area contributed by atoms with Gasteiger partial charge < -0.3 is 4.74 Å². The molecule has 0 aliphatic heterocycles. The molecule has 0 amide bonds. The molecule has 0 radical (unpaired) electrons. The second-order valence-electron chi connectivity index (χ2n) is 7.39. The maximum absolute atomic E-state index is 11.5. The van der Waals surface area contributed by atoms with Crippen LogP contribution in [-0.4, -0.2) is 12.2 Å². The lowest BCUT2D eigenvalue weighted by atomic mass is 9.71. The average Bonchev–Trinajstić information content (AvgIpc) is 2.10. The first-order valence-corrected chi connectivity index (χ1v) is 6.46. The van der Waals surface area contributed by atoms with Gasteiger partial charge in [-0.3, -0.25) is 5.73 Å². The molecule has 0 rings (SSSR count). The molecule has 0 saturated heterocycles. The predicted molar refractivity (Wildman–Crippen MR) is 75.9 cm³/mol. The second kappa shape index (κ2) is 5.87. The normalized spacial score (nSPS) is 16.0. The Bertz CT molecular complexity index is 307. The van der Waals surface area contributed by atoms with Crippen LogP contribution in [0.4, 0.5) is 0 Å². The van der Waals surface area contributed by atoms with Crippen LogP contribution in [0.2, 0.25) is 0 Å². The summed E-state index contributed by atoms with van der Waals surface area (Å²) in [6.45, 7) is 18.1. The first-order valence-electron chi connectivity index (χ1n) is 6.46. The molecule has 0 aromatic carbocycles. The molecule has 106 valence electrons. The molecule has 0 heterocycles. The number of esters is 1. The van der Waals surface area contributed by atoms with Gasteiger partial charge in [-0.1, -0.05) is 48.1 Å². The van der Waals surface area contributed by atoms with Gasteiger partial charge in [-0.15, -0.1) is 0 Å². The van der Waals surface area contributed by atoms with E-state index in [0.29, 0.717) is 5.57 Å². The van der Waals surface area contributed by atoms with Gasteiger partial charge in [0.1, 0.15) is 0 Å². The van der Waals surface area contributed by atoms with Crippen molar-refractivity contribution in [3.63, 3.8) is 0 Å². The monoisotopic (exact) mass is 255 g/mol. The summed E-state index contributed by atoms with van der Waals surface area (Å²) < 4.78 is 5.29. The topological polar surface area (TPSA) is 52.3 Å². The molecule has 0 fully saturated rings. The van der Waals surface area contributed by atoms with Crippen LogP contribution in [0.1, 0.15) is 54.9 Å². The highest BCUT2D eigenvalue weighted by Crippen LogP contribution is 2.37. The first kappa shape index (κ1) is 17.2. The summed E-state index contributed by atoms with van der Waals surface area (Å²) in [4.78, 5) is 11.5. The van der Waals surface area contributed by atoms with Crippen LogP contribution < -0.4 is 5.73 Å². The van der Waals surface area contributed by atoms with Crippen LogP contribution in [0.5, 0.6) is 0 Å². The molecule has 0 aliphatic carbocycles. The van der Waals surface area contributed by atoms with Crippen molar-refractivity contribution in [1.29, 1.82) is 0 Å². The number of hydrogen-bond acceptors (Lipinski definition) is 3. The fourth-order valence-corrected chi connectivity index (χ4v) is 1.88. The summed E-state index contributed by atoms with van der Waals surface area (Å²) in [5, 5.41) is 0. The van der Waals surface area contributed by atoms with E-state index in [1.165, 1.54) is 0 Å². The lowest BCUT2D eigenvalue weighted by Gasteiger charge is -2.38. The number of hydrogen-bond donors (Lipinski definition) is 1. The van der Waals surface area contributed by atoms with E-state index >= 15 is 0 Å². The third-order valence-electron chi connectivity index (χ3n) is 2.93. The molecular formula is C15H29NO2. The van der Waals surface area contributed by atoms with E-state index in [1.54, 1.807) is 6.92 Å². The van der Waals surface area contributed by atoms with Gasteiger partial charge in [0.25, 0.3) is 0 Å². The first-order chi connectivity index (χ1) is 7.84. The fraction of sp³-hybridized carbons (Fsp3) is 0.800. The van der Waals surface area contributed by atoms with Gasteiger partial charge in [-0.2, -0.15) is 0 Å². The Morgan fingerprint density at radius 2 is 1.67 bits per heavy atom. The van der Waals surface area contributed by atoms with Crippen LogP contribution >= 0.6 is 0 Å². The Labute approximate surface area is 112 Å². The maximum atomic E-state index is 11.5. The van der Waals surface area contributed by atoms with E-state index in [9.17, 15) is 4.79 Å². The summed E-state index contributed by atoms with van der Waals surface area (Å²) in [6, 6.07) is 0. The van der Waals surface area contributed by atoms with Crippen LogP contribution in [-0.2, 0) is 9.53 Å². The van der Waals surface area contributed by atoms with Gasteiger partial charge >= 0.3 is 5.97 Å². The molecule has 3 heteroatoms. The maximum Gasteiger partial charge on any atom is 0.334 e. The largest absolute Gasteiger partial charge is 0.443 e. The molecule has 0 aromatic heterocycles. The Balaban J connectivity index is 4.88. The van der Waals surface area contributed by atoms with E-state index in [4.69, 9.17) is 10.5 Å². The van der Waals surface area contributed by atoms with E-state index in [-0.39, 0.29) is 16.7 Å². The predicted octanol–water partition coefficient (Wildman–Crippen LogP) is 3.49. The van der Waals surface area contributed by atoms with Crippen molar-refractivity contribution < 1.29 is 9.53 Å². The summed E-state index contributed by atoms with van der Waals surface area (Å²) in [5.41, 5.74) is 6.58. The van der Waals surface area contributed by atoms with Gasteiger partial charge in [0.15, 0.2) is 6.23 Å². The molecule has 18 heavy (non-hydrogen) atoms. The van der Waals surface area contributed by atoms with E-state index in [0.717, 1.165) is 6.42 Å². The summed E-state index contributed by atoms with van der Waals surface area (Å²) >= 11 is 0. The minimum Gasteiger partial charge on any atom is -0.443 e. The SMILES string of the molecule is C=C(C)C(=O)OC(N)C(CC(C)(C)C)C(C)(C)C. The van der Waals surface area contributed by atoms with E-state index in [2.05, 4.69) is 48.1 Å². The fourth-order valence-electron chi connectivity index (χ4n) is 1.88.